The quantitative estimate of drug-likeness (QED) is 0.513. The van der Waals surface area contributed by atoms with Crippen LogP contribution in [0.4, 0.5) is 4.39 Å². The Bertz CT molecular complexity index is 281. The van der Waals surface area contributed by atoms with Gasteiger partial charge in [0.1, 0.15) is 5.82 Å². The highest BCUT2D eigenvalue weighted by molar-refractivity contribution is 6.17. The van der Waals surface area contributed by atoms with Gasteiger partial charge in [0.15, 0.2) is 0 Å². The van der Waals surface area contributed by atoms with Gasteiger partial charge < -0.3 is 0 Å². The maximum absolute atomic E-state index is 12.7. The highest BCUT2D eigenvalue weighted by Crippen LogP contribution is 2.04. The maximum atomic E-state index is 12.7. The van der Waals surface area contributed by atoms with Crippen LogP contribution in [-0.2, 0) is 6.42 Å². The Hall–Kier alpha value is -0.820. The van der Waals surface area contributed by atoms with E-state index >= 15 is 0 Å². The Morgan fingerprint density at radius 2 is 2.15 bits per heavy atom. The van der Waals surface area contributed by atoms with E-state index in [1.807, 2.05) is 18.2 Å². The number of allylic oxidation sites excluding steroid dienone is 2. The third-order valence-electron chi connectivity index (χ3n) is 1.69. The molecular weight excluding hydrogens is 187 g/mol. The molecule has 1 rings (SSSR count). The fourth-order valence-corrected chi connectivity index (χ4v) is 1.19. The topological polar surface area (TPSA) is 0 Å². The normalized spacial score (nSPS) is 10.9. The molecule has 13 heavy (non-hydrogen) atoms. The van der Waals surface area contributed by atoms with E-state index in [1.54, 1.807) is 12.1 Å². The van der Waals surface area contributed by atoms with Gasteiger partial charge in [-0.3, -0.25) is 0 Å². The lowest BCUT2D eigenvalue weighted by atomic mass is 10.1. The zero-order valence-electron chi connectivity index (χ0n) is 7.34. The van der Waals surface area contributed by atoms with Crippen molar-refractivity contribution in [2.45, 2.75) is 12.8 Å². The lowest BCUT2D eigenvalue weighted by Crippen LogP contribution is -1.82. The molecule has 0 aromatic heterocycles. The summed E-state index contributed by atoms with van der Waals surface area (Å²) >= 11 is 5.50. The van der Waals surface area contributed by atoms with Crippen molar-refractivity contribution < 1.29 is 4.39 Å². The Balaban J connectivity index is 2.45. The molecule has 0 bridgehead atoms. The predicted octanol–water partition coefficient (Wildman–Crippen LogP) is 3.55. The second kappa shape index (κ2) is 5.76. The molecule has 0 fully saturated rings. The minimum Gasteiger partial charge on any atom is -0.207 e. The number of benzene rings is 1. The van der Waals surface area contributed by atoms with Crippen molar-refractivity contribution in [2.24, 2.45) is 0 Å². The van der Waals surface area contributed by atoms with Crippen LogP contribution in [0.2, 0.25) is 0 Å². The first-order valence-electron chi connectivity index (χ1n) is 4.28. The van der Waals surface area contributed by atoms with E-state index in [0.717, 1.165) is 18.4 Å². The molecule has 0 unspecified atom stereocenters. The molecule has 0 radical (unpaired) electrons. The van der Waals surface area contributed by atoms with Crippen LogP contribution < -0.4 is 0 Å². The highest BCUT2D eigenvalue weighted by atomic mass is 35.5. The van der Waals surface area contributed by atoms with Crippen LogP contribution in [0.15, 0.2) is 36.4 Å². The third-order valence-corrected chi connectivity index (χ3v) is 1.90. The second-order valence-electron chi connectivity index (χ2n) is 2.78. The molecule has 0 aliphatic carbocycles. The molecule has 0 aliphatic rings. The molecule has 0 heterocycles. The van der Waals surface area contributed by atoms with E-state index in [1.165, 1.54) is 6.07 Å². The molecule has 0 amide bonds. The van der Waals surface area contributed by atoms with Gasteiger partial charge in [-0.25, -0.2) is 4.39 Å². The molecule has 1 aromatic rings. The van der Waals surface area contributed by atoms with Crippen molar-refractivity contribution in [3.63, 3.8) is 0 Å². The summed E-state index contributed by atoms with van der Waals surface area (Å²) in [5, 5.41) is 0. The molecule has 0 aliphatic heterocycles. The molecule has 0 N–H and O–H groups in total. The van der Waals surface area contributed by atoms with Gasteiger partial charge in [0.2, 0.25) is 0 Å². The van der Waals surface area contributed by atoms with Crippen molar-refractivity contribution in [2.75, 3.05) is 5.88 Å². The summed E-state index contributed by atoms with van der Waals surface area (Å²) in [5.74, 6) is 0.461. The molecular formula is C11H12ClF. The monoisotopic (exact) mass is 198 g/mol. The molecule has 0 saturated heterocycles. The van der Waals surface area contributed by atoms with Crippen molar-refractivity contribution >= 4 is 11.6 Å². The van der Waals surface area contributed by atoms with Crippen LogP contribution in [0.5, 0.6) is 0 Å². The minimum atomic E-state index is -0.178. The SMILES string of the molecule is Fc1cccc(CC=CCCCl)c1. The van der Waals surface area contributed by atoms with Gasteiger partial charge in [-0.15, -0.1) is 11.6 Å². The largest absolute Gasteiger partial charge is 0.207 e. The fourth-order valence-electron chi connectivity index (χ4n) is 1.06. The van der Waals surface area contributed by atoms with E-state index in [-0.39, 0.29) is 5.82 Å². The summed E-state index contributed by atoms with van der Waals surface area (Å²) in [5.41, 5.74) is 0.992. The first-order chi connectivity index (χ1) is 6.33. The van der Waals surface area contributed by atoms with Crippen molar-refractivity contribution in [3.8, 4) is 0 Å². The summed E-state index contributed by atoms with van der Waals surface area (Å²) < 4.78 is 12.7. The predicted molar refractivity (Wildman–Crippen MR) is 54.6 cm³/mol. The third kappa shape index (κ3) is 4.09. The number of hydrogen-bond donors (Lipinski definition) is 0. The Morgan fingerprint density at radius 3 is 2.85 bits per heavy atom. The molecule has 70 valence electrons. The minimum absolute atomic E-state index is 0.178. The number of halogens is 2. The summed E-state index contributed by atoms with van der Waals surface area (Å²) in [6, 6.07) is 6.63. The van der Waals surface area contributed by atoms with E-state index in [2.05, 4.69) is 0 Å². The molecule has 0 atom stereocenters. The van der Waals surface area contributed by atoms with Gasteiger partial charge in [0.25, 0.3) is 0 Å². The van der Waals surface area contributed by atoms with Crippen molar-refractivity contribution in [1.29, 1.82) is 0 Å². The first-order valence-corrected chi connectivity index (χ1v) is 4.82. The number of hydrogen-bond acceptors (Lipinski definition) is 0. The Kier molecular flexibility index (Phi) is 4.55. The standard InChI is InChI=1S/C11H12ClF/c12-8-3-1-2-5-10-6-4-7-11(13)9-10/h1-2,4,6-7,9H,3,5,8H2. The Morgan fingerprint density at radius 1 is 1.31 bits per heavy atom. The molecule has 0 saturated carbocycles. The van der Waals surface area contributed by atoms with E-state index in [9.17, 15) is 4.39 Å². The summed E-state index contributed by atoms with van der Waals surface area (Å²) in [7, 11) is 0. The highest BCUT2D eigenvalue weighted by Gasteiger charge is 1.91. The van der Waals surface area contributed by atoms with E-state index in [4.69, 9.17) is 11.6 Å². The van der Waals surface area contributed by atoms with Crippen LogP contribution in [0.25, 0.3) is 0 Å². The average molecular weight is 199 g/mol. The first kappa shape index (κ1) is 10.3. The summed E-state index contributed by atoms with van der Waals surface area (Å²) in [6.45, 7) is 0. The van der Waals surface area contributed by atoms with Crippen LogP contribution in [0, 0.1) is 5.82 Å². The van der Waals surface area contributed by atoms with Gasteiger partial charge in [0.05, 0.1) is 0 Å². The number of alkyl halides is 1. The van der Waals surface area contributed by atoms with Crippen LogP contribution in [0.3, 0.4) is 0 Å². The van der Waals surface area contributed by atoms with Crippen LogP contribution in [0.1, 0.15) is 12.0 Å². The summed E-state index contributed by atoms with van der Waals surface area (Å²) in [6.07, 6.45) is 5.67. The maximum Gasteiger partial charge on any atom is 0.123 e. The zero-order chi connectivity index (χ0) is 9.52. The van der Waals surface area contributed by atoms with E-state index < -0.39 is 0 Å². The summed E-state index contributed by atoms with van der Waals surface area (Å²) in [4.78, 5) is 0. The fraction of sp³-hybridized carbons (Fsp3) is 0.273. The lowest BCUT2D eigenvalue weighted by molar-refractivity contribution is 0.626. The molecule has 2 heteroatoms. The molecule has 0 nitrogen and oxygen atoms in total. The van der Waals surface area contributed by atoms with Gasteiger partial charge in [-0.1, -0.05) is 24.3 Å². The van der Waals surface area contributed by atoms with Crippen LogP contribution >= 0.6 is 11.6 Å². The Labute approximate surface area is 83.0 Å². The van der Waals surface area contributed by atoms with Gasteiger partial charge in [0, 0.05) is 5.88 Å². The van der Waals surface area contributed by atoms with Gasteiger partial charge in [-0.05, 0) is 30.5 Å². The van der Waals surface area contributed by atoms with E-state index in [0.29, 0.717) is 5.88 Å². The lowest BCUT2D eigenvalue weighted by Gasteiger charge is -1.95. The zero-order valence-corrected chi connectivity index (χ0v) is 8.10. The second-order valence-corrected chi connectivity index (χ2v) is 3.16. The van der Waals surface area contributed by atoms with Crippen molar-refractivity contribution in [3.05, 3.63) is 47.8 Å². The smallest absolute Gasteiger partial charge is 0.123 e. The molecule has 1 aromatic carbocycles. The van der Waals surface area contributed by atoms with Gasteiger partial charge in [-0.2, -0.15) is 0 Å². The average Bonchev–Trinajstić information content (AvgIpc) is 2.13. The van der Waals surface area contributed by atoms with Gasteiger partial charge >= 0.3 is 0 Å². The molecule has 0 spiro atoms. The van der Waals surface area contributed by atoms with Crippen LogP contribution in [-0.4, -0.2) is 5.88 Å². The number of rotatable bonds is 4. The van der Waals surface area contributed by atoms with Crippen molar-refractivity contribution in [1.82, 2.24) is 0 Å².